The summed E-state index contributed by atoms with van der Waals surface area (Å²) >= 11 is 0. The Kier molecular flexibility index (Phi) is 3.23. The number of aryl methyl sites for hydroxylation is 1. The molecule has 0 spiro atoms. The second-order valence-electron chi connectivity index (χ2n) is 3.52. The van der Waals surface area contributed by atoms with Crippen LogP contribution in [0, 0.1) is 6.92 Å². The highest BCUT2D eigenvalue weighted by Gasteiger charge is 2.11. The second-order valence-corrected chi connectivity index (χ2v) is 3.52. The maximum Gasteiger partial charge on any atom is 0.339 e. The van der Waals surface area contributed by atoms with Gasteiger partial charge in [-0.3, -0.25) is 4.98 Å². The van der Waals surface area contributed by atoms with Gasteiger partial charge in [-0.2, -0.15) is 0 Å². The van der Waals surface area contributed by atoms with E-state index < -0.39 is 0 Å². The van der Waals surface area contributed by atoms with Crippen LogP contribution in [0.1, 0.15) is 41.5 Å². The van der Waals surface area contributed by atoms with Crippen molar-refractivity contribution in [2.75, 3.05) is 7.11 Å². The summed E-state index contributed by atoms with van der Waals surface area (Å²) in [4.78, 5) is 15.6. The first kappa shape index (κ1) is 10.7. The molecule has 1 aromatic heterocycles. The Labute approximate surface area is 84.1 Å². The van der Waals surface area contributed by atoms with E-state index in [1.165, 1.54) is 7.11 Å². The Morgan fingerprint density at radius 2 is 2.07 bits per heavy atom. The molecule has 0 fully saturated rings. The zero-order chi connectivity index (χ0) is 10.7. The zero-order valence-electron chi connectivity index (χ0n) is 9.00. The molecular weight excluding hydrogens is 178 g/mol. The second kappa shape index (κ2) is 4.22. The van der Waals surface area contributed by atoms with Gasteiger partial charge < -0.3 is 4.74 Å². The summed E-state index contributed by atoms with van der Waals surface area (Å²) in [6.45, 7) is 5.96. The fourth-order valence-electron chi connectivity index (χ4n) is 1.23. The lowest BCUT2D eigenvalue weighted by atomic mass is 10.1. The fraction of sp³-hybridized carbons (Fsp3) is 0.455. The lowest BCUT2D eigenvalue weighted by Gasteiger charge is -2.08. The summed E-state index contributed by atoms with van der Waals surface area (Å²) in [5.74, 6) is 0.0469. The van der Waals surface area contributed by atoms with E-state index in [-0.39, 0.29) is 5.97 Å². The van der Waals surface area contributed by atoms with Gasteiger partial charge in [0.25, 0.3) is 0 Å². The maximum atomic E-state index is 11.3. The van der Waals surface area contributed by atoms with E-state index in [4.69, 9.17) is 0 Å². The molecule has 0 unspecified atom stereocenters. The van der Waals surface area contributed by atoms with Crippen LogP contribution in [0.2, 0.25) is 0 Å². The number of ether oxygens (including phenoxy) is 1. The van der Waals surface area contributed by atoms with Gasteiger partial charge in [-0.15, -0.1) is 0 Å². The predicted octanol–water partition coefficient (Wildman–Crippen LogP) is 2.30. The summed E-state index contributed by atoms with van der Waals surface area (Å²) in [5, 5.41) is 0. The number of esters is 1. The van der Waals surface area contributed by atoms with Crippen molar-refractivity contribution in [3.63, 3.8) is 0 Å². The molecule has 14 heavy (non-hydrogen) atoms. The van der Waals surface area contributed by atoms with Crippen LogP contribution in [-0.2, 0) is 4.74 Å². The van der Waals surface area contributed by atoms with Gasteiger partial charge >= 0.3 is 5.97 Å². The fourth-order valence-corrected chi connectivity index (χ4v) is 1.23. The highest BCUT2D eigenvalue weighted by atomic mass is 16.5. The average Bonchev–Trinajstić information content (AvgIpc) is 2.16. The Bertz CT molecular complexity index is 345. The van der Waals surface area contributed by atoms with Crippen LogP contribution >= 0.6 is 0 Å². The quantitative estimate of drug-likeness (QED) is 0.676. The minimum Gasteiger partial charge on any atom is -0.465 e. The normalized spacial score (nSPS) is 10.4. The van der Waals surface area contributed by atoms with Crippen molar-refractivity contribution in [2.45, 2.75) is 26.7 Å². The van der Waals surface area contributed by atoms with E-state index in [0.29, 0.717) is 11.5 Å². The first-order chi connectivity index (χ1) is 6.56. The Hall–Kier alpha value is -1.38. The van der Waals surface area contributed by atoms with Crippen LogP contribution in [0.5, 0.6) is 0 Å². The van der Waals surface area contributed by atoms with Crippen LogP contribution in [0.3, 0.4) is 0 Å². The van der Waals surface area contributed by atoms with Gasteiger partial charge in [0, 0.05) is 5.69 Å². The average molecular weight is 193 g/mol. The third-order valence-corrected chi connectivity index (χ3v) is 2.10. The number of rotatable bonds is 2. The van der Waals surface area contributed by atoms with E-state index in [1.807, 2.05) is 13.0 Å². The van der Waals surface area contributed by atoms with Crippen molar-refractivity contribution < 1.29 is 9.53 Å². The van der Waals surface area contributed by atoms with Crippen molar-refractivity contribution in [3.05, 3.63) is 29.1 Å². The molecule has 0 aliphatic rings. The first-order valence-electron chi connectivity index (χ1n) is 4.62. The van der Waals surface area contributed by atoms with Crippen molar-refractivity contribution in [2.24, 2.45) is 0 Å². The minimum absolute atomic E-state index is 0.328. The predicted molar refractivity (Wildman–Crippen MR) is 54.4 cm³/mol. The van der Waals surface area contributed by atoms with Crippen LogP contribution in [-0.4, -0.2) is 18.1 Å². The van der Waals surface area contributed by atoms with Crippen molar-refractivity contribution in [1.29, 1.82) is 0 Å². The van der Waals surface area contributed by atoms with Gasteiger partial charge in [-0.25, -0.2) is 4.79 Å². The number of carbonyl (C=O) groups excluding carboxylic acids is 1. The molecule has 0 N–H and O–H groups in total. The third kappa shape index (κ3) is 2.10. The monoisotopic (exact) mass is 193 g/mol. The molecule has 3 heteroatoms. The van der Waals surface area contributed by atoms with Gasteiger partial charge in [0.15, 0.2) is 0 Å². The van der Waals surface area contributed by atoms with Gasteiger partial charge in [0.05, 0.1) is 18.4 Å². The highest BCUT2D eigenvalue weighted by molar-refractivity contribution is 5.90. The summed E-state index contributed by atoms with van der Waals surface area (Å²) in [6, 6.07) is 3.63. The van der Waals surface area contributed by atoms with E-state index >= 15 is 0 Å². The van der Waals surface area contributed by atoms with Crippen LogP contribution in [0.4, 0.5) is 0 Å². The topological polar surface area (TPSA) is 39.2 Å². The molecule has 0 atom stereocenters. The summed E-state index contributed by atoms with van der Waals surface area (Å²) < 4.78 is 4.64. The molecular formula is C11H15NO2. The molecule has 0 aromatic carbocycles. The summed E-state index contributed by atoms with van der Waals surface area (Å²) in [5.41, 5.74) is 2.26. The van der Waals surface area contributed by atoms with Gasteiger partial charge in [0.2, 0.25) is 0 Å². The van der Waals surface area contributed by atoms with E-state index in [0.717, 1.165) is 11.4 Å². The maximum absolute atomic E-state index is 11.3. The number of methoxy groups -OCH3 is 1. The Morgan fingerprint density at radius 3 is 2.50 bits per heavy atom. The van der Waals surface area contributed by atoms with Crippen LogP contribution < -0.4 is 0 Å². The lowest BCUT2D eigenvalue weighted by molar-refractivity contribution is 0.0599. The van der Waals surface area contributed by atoms with Crippen molar-refractivity contribution in [1.82, 2.24) is 4.98 Å². The van der Waals surface area contributed by atoms with E-state index in [1.54, 1.807) is 6.07 Å². The number of carbonyl (C=O) groups is 1. The molecule has 76 valence electrons. The van der Waals surface area contributed by atoms with Gasteiger partial charge in [0.1, 0.15) is 0 Å². The molecule has 0 bridgehead atoms. The number of pyridine rings is 1. The third-order valence-electron chi connectivity index (χ3n) is 2.10. The smallest absolute Gasteiger partial charge is 0.339 e. The lowest BCUT2D eigenvalue weighted by Crippen LogP contribution is -2.06. The Balaban J connectivity index is 3.07. The van der Waals surface area contributed by atoms with Gasteiger partial charge in [-0.1, -0.05) is 13.8 Å². The summed E-state index contributed by atoms with van der Waals surface area (Å²) in [7, 11) is 1.37. The first-order valence-corrected chi connectivity index (χ1v) is 4.62. The van der Waals surface area contributed by atoms with E-state index in [9.17, 15) is 4.79 Å². The molecule has 0 saturated heterocycles. The van der Waals surface area contributed by atoms with Crippen molar-refractivity contribution in [3.8, 4) is 0 Å². The highest BCUT2D eigenvalue weighted by Crippen LogP contribution is 2.14. The standard InChI is InChI=1S/C11H15NO2/c1-7(2)10-6-5-9(8(3)12-10)11(13)14-4/h5-7H,1-4H3. The van der Waals surface area contributed by atoms with E-state index in [2.05, 4.69) is 23.6 Å². The molecule has 0 aliphatic heterocycles. The molecule has 1 heterocycles. The van der Waals surface area contributed by atoms with Crippen molar-refractivity contribution >= 4 is 5.97 Å². The largest absolute Gasteiger partial charge is 0.465 e. The van der Waals surface area contributed by atoms with Crippen LogP contribution in [0.25, 0.3) is 0 Å². The molecule has 1 rings (SSSR count). The SMILES string of the molecule is COC(=O)c1ccc(C(C)C)nc1C. The molecule has 1 aromatic rings. The van der Waals surface area contributed by atoms with Gasteiger partial charge in [-0.05, 0) is 25.0 Å². The molecule has 0 radical (unpaired) electrons. The Morgan fingerprint density at radius 1 is 1.43 bits per heavy atom. The number of nitrogens with zero attached hydrogens (tertiary/aromatic N) is 1. The zero-order valence-corrected chi connectivity index (χ0v) is 9.00. The molecule has 0 aliphatic carbocycles. The number of hydrogen-bond donors (Lipinski definition) is 0. The number of hydrogen-bond acceptors (Lipinski definition) is 3. The molecule has 0 saturated carbocycles. The molecule has 0 amide bonds. The minimum atomic E-state index is -0.328. The van der Waals surface area contributed by atoms with Crippen LogP contribution in [0.15, 0.2) is 12.1 Å². The number of aromatic nitrogens is 1. The summed E-state index contributed by atoms with van der Waals surface area (Å²) in [6.07, 6.45) is 0. The molecule has 3 nitrogen and oxygen atoms in total.